The number of benzene rings is 1. The summed E-state index contributed by atoms with van der Waals surface area (Å²) in [5.41, 5.74) is 7.43. The van der Waals surface area contributed by atoms with Crippen LogP contribution in [0.3, 0.4) is 0 Å². The van der Waals surface area contributed by atoms with Crippen molar-refractivity contribution in [1.82, 2.24) is 0 Å². The Morgan fingerprint density at radius 1 is 1.67 bits per heavy atom. The summed E-state index contributed by atoms with van der Waals surface area (Å²) >= 11 is 0. The van der Waals surface area contributed by atoms with E-state index in [1.54, 1.807) is 6.07 Å². The summed E-state index contributed by atoms with van der Waals surface area (Å²) in [5, 5.41) is 0. The number of carbonyl (C=O) groups excluding carboxylic acids is 1. The fourth-order valence-corrected chi connectivity index (χ4v) is 1.24. The zero-order valence-corrected chi connectivity index (χ0v) is 8.57. The van der Waals surface area contributed by atoms with Crippen LogP contribution in [-0.2, 0) is 9.53 Å². The molecule has 1 atom stereocenters. The number of carbonyl (C=O) groups is 1. The number of rotatable bonds is 3. The van der Waals surface area contributed by atoms with Gasteiger partial charge in [-0.3, -0.25) is 4.79 Å². The molecule has 0 saturated heterocycles. The van der Waals surface area contributed by atoms with Crippen molar-refractivity contribution in [2.75, 3.05) is 7.11 Å². The van der Waals surface area contributed by atoms with E-state index in [4.69, 9.17) is 12.2 Å². The Hall–Kier alpha value is -1.79. The molecule has 0 aliphatic rings. The van der Waals surface area contributed by atoms with Gasteiger partial charge in [0, 0.05) is 11.6 Å². The van der Waals surface area contributed by atoms with Crippen LogP contribution in [0.1, 0.15) is 23.6 Å². The molecule has 0 amide bonds. The molecular formula is C12H13NO2. The van der Waals surface area contributed by atoms with E-state index < -0.39 is 0 Å². The fraction of sp³-hybridized carbons (Fsp3) is 0.250. The minimum absolute atomic E-state index is 0.157. The van der Waals surface area contributed by atoms with Crippen LogP contribution in [0.5, 0.6) is 0 Å². The number of hydrogen-bond acceptors (Lipinski definition) is 3. The molecule has 78 valence electrons. The van der Waals surface area contributed by atoms with Crippen LogP contribution < -0.4 is 5.73 Å². The van der Waals surface area contributed by atoms with Crippen molar-refractivity contribution in [3.63, 3.8) is 0 Å². The molecule has 0 heterocycles. The zero-order chi connectivity index (χ0) is 11.3. The Balaban J connectivity index is 2.78. The third-order valence-electron chi connectivity index (χ3n) is 2.10. The van der Waals surface area contributed by atoms with Crippen molar-refractivity contribution in [2.24, 2.45) is 5.73 Å². The van der Waals surface area contributed by atoms with Crippen molar-refractivity contribution in [3.05, 3.63) is 35.4 Å². The van der Waals surface area contributed by atoms with Gasteiger partial charge in [-0.05, 0) is 17.7 Å². The standard InChI is InChI=1S/C12H13NO2/c1-3-9-5-4-6-10(7-9)11(13)8-12(14)15-2/h1,4-7,11H,8,13H2,2H3/t11-/m1/s1. The van der Waals surface area contributed by atoms with E-state index in [2.05, 4.69) is 10.7 Å². The van der Waals surface area contributed by atoms with Gasteiger partial charge in [-0.1, -0.05) is 18.1 Å². The van der Waals surface area contributed by atoms with Gasteiger partial charge in [0.25, 0.3) is 0 Å². The zero-order valence-electron chi connectivity index (χ0n) is 8.57. The lowest BCUT2D eigenvalue weighted by molar-refractivity contribution is -0.141. The number of ether oxygens (including phenoxy) is 1. The Kier molecular flexibility index (Phi) is 3.90. The molecule has 1 aromatic rings. The lowest BCUT2D eigenvalue weighted by atomic mass is 10.0. The quantitative estimate of drug-likeness (QED) is 0.593. The van der Waals surface area contributed by atoms with E-state index in [0.29, 0.717) is 0 Å². The normalized spacial score (nSPS) is 11.5. The van der Waals surface area contributed by atoms with Gasteiger partial charge in [-0.2, -0.15) is 0 Å². The predicted molar refractivity (Wildman–Crippen MR) is 57.9 cm³/mol. The van der Waals surface area contributed by atoms with Gasteiger partial charge < -0.3 is 10.5 Å². The third kappa shape index (κ3) is 3.12. The minimum atomic E-state index is -0.370. The summed E-state index contributed by atoms with van der Waals surface area (Å²) in [6.45, 7) is 0. The monoisotopic (exact) mass is 203 g/mol. The largest absolute Gasteiger partial charge is 0.469 e. The molecule has 0 aromatic heterocycles. The van der Waals surface area contributed by atoms with Crippen LogP contribution >= 0.6 is 0 Å². The second kappa shape index (κ2) is 5.18. The minimum Gasteiger partial charge on any atom is -0.469 e. The molecule has 0 spiro atoms. The van der Waals surface area contributed by atoms with Gasteiger partial charge >= 0.3 is 5.97 Å². The summed E-state index contributed by atoms with van der Waals surface area (Å²) < 4.78 is 4.54. The van der Waals surface area contributed by atoms with Crippen LogP contribution in [0.4, 0.5) is 0 Å². The number of terminal acetylenes is 1. The fourth-order valence-electron chi connectivity index (χ4n) is 1.24. The molecule has 0 bridgehead atoms. The Labute approximate surface area is 89.2 Å². The molecule has 15 heavy (non-hydrogen) atoms. The Morgan fingerprint density at radius 2 is 2.40 bits per heavy atom. The molecule has 2 N–H and O–H groups in total. The van der Waals surface area contributed by atoms with Crippen molar-refractivity contribution < 1.29 is 9.53 Å². The molecule has 0 aliphatic heterocycles. The third-order valence-corrected chi connectivity index (χ3v) is 2.10. The molecule has 0 fully saturated rings. The second-order valence-corrected chi connectivity index (χ2v) is 3.16. The molecule has 0 unspecified atom stereocenters. The maximum atomic E-state index is 11.0. The number of methoxy groups -OCH3 is 1. The van der Waals surface area contributed by atoms with E-state index in [9.17, 15) is 4.79 Å². The van der Waals surface area contributed by atoms with Crippen LogP contribution in [0.25, 0.3) is 0 Å². The number of esters is 1. The lowest BCUT2D eigenvalue weighted by Gasteiger charge is -2.10. The summed E-state index contributed by atoms with van der Waals surface area (Å²) in [4.78, 5) is 11.0. The molecule has 1 aromatic carbocycles. The van der Waals surface area contributed by atoms with E-state index >= 15 is 0 Å². The van der Waals surface area contributed by atoms with Gasteiger partial charge in [-0.15, -0.1) is 6.42 Å². The predicted octanol–water partition coefficient (Wildman–Crippen LogP) is 1.23. The van der Waals surface area contributed by atoms with Crippen molar-refractivity contribution in [3.8, 4) is 12.3 Å². The SMILES string of the molecule is C#Cc1cccc([C@H](N)CC(=O)OC)c1. The van der Waals surface area contributed by atoms with Crippen LogP contribution in [0.15, 0.2) is 24.3 Å². The van der Waals surface area contributed by atoms with Crippen molar-refractivity contribution in [2.45, 2.75) is 12.5 Å². The van der Waals surface area contributed by atoms with Crippen molar-refractivity contribution >= 4 is 5.97 Å². The van der Waals surface area contributed by atoms with Crippen LogP contribution in [0.2, 0.25) is 0 Å². The smallest absolute Gasteiger partial charge is 0.307 e. The maximum Gasteiger partial charge on any atom is 0.307 e. The highest BCUT2D eigenvalue weighted by atomic mass is 16.5. The average molecular weight is 203 g/mol. The molecule has 0 radical (unpaired) electrons. The van der Waals surface area contributed by atoms with E-state index in [1.807, 2.05) is 18.2 Å². The maximum absolute atomic E-state index is 11.0. The second-order valence-electron chi connectivity index (χ2n) is 3.16. The highest BCUT2D eigenvalue weighted by Crippen LogP contribution is 2.15. The molecular weight excluding hydrogens is 190 g/mol. The molecule has 0 saturated carbocycles. The van der Waals surface area contributed by atoms with Gasteiger partial charge in [0.1, 0.15) is 0 Å². The molecule has 3 heteroatoms. The van der Waals surface area contributed by atoms with Gasteiger partial charge in [-0.25, -0.2) is 0 Å². The van der Waals surface area contributed by atoms with Crippen LogP contribution in [0, 0.1) is 12.3 Å². The van der Waals surface area contributed by atoms with Crippen molar-refractivity contribution in [1.29, 1.82) is 0 Å². The first-order valence-electron chi connectivity index (χ1n) is 4.56. The molecule has 1 rings (SSSR count). The average Bonchev–Trinajstić information content (AvgIpc) is 2.28. The summed E-state index contributed by atoms with van der Waals surface area (Å²) in [7, 11) is 1.34. The van der Waals surface area contributed by atoms with Gasteiger partial charge in [0.2, 0.25) is 0 Å². The van der Waals surface area contributed by atoms with Gasteiger partial charge in [0.05, 0.1) is 13.5 Å². The Morgan fingerprint density at radius 3 is 3.00 bits per heavy atom. The first-order valence-corrected chi connectivity index (χ1v) is 4.56. The molecule has 0 aliphatic carbocycles. The van der Waals surface area contributed by atoms with Gasteiger partial charge in [0.15, 0.2) is 0 Å². The highest BCUT2D eigenvalue weighted by Gasteiger charge is 2.11. The first kappa shape index (κ1) is 11.3. The van der Waals surface area contributed by atoms with E-state index in [1.165, 1.54) is 7.11 Å². The number of hydrogen-bond donors (Lipinski definition) is 1. The van der Waals surface area contributed by atoms with E-state index in [0.717, 1.165) is 11.1 Å². The summed E-state index contributed by atoms with van der Waals surface area (Å²) in [6.07, 6.45) is 5.42. The summed E-state index contributed by atoms with van der Waals surface area (Å²) in [5.74, 6) is 2.19. The first-order chi connectivity index (χ1) is 7.17. The molecule has 3 nitrogen and oxygen atoms in total. The van der Waals surface area contributed by atoms with E-state index in [-0.39, 0.29) is 18.4 Å². The number of nitrogens with two attached hydrogens (primary N) is 1. The topological polar surface area (TPSA) is 52.3 Å². The highest BCUT2D eigenvalue weighted by molar-refractivity contribution is 5.70. The Bertz CT molecular complexity index is 393. The lowest BCUT2D eigenvalue weighted by Crippen LogP contribution is -2.16. The van der Waals surface area contributed by atoms with Crippen LogP contribution in [-0.4, -0.2) is 13.1 Å². The summed E-state index contributed by atoms with van der Waals surface area (Å²) in [6, 6.07) is 6.91.